The van der Waals surface area contributed by atoms with Gasteiger partial charge in [-0.05, 0) is 43.1 Å². The van der Waals surface area contributed by atoms with E-state index in [1.165, 1.54) is 22.7 Å². The first-order valence-electron chi connectivity index (χ1n) is 9.26. The second-order valence-electron chi connectivity index (χ2n) is 8.56. The lowest BCUT2D eigenvalue weighted by molar-refractivity contribution is 0.0703. The van der Waals surface area contributed by atoms with Crippen molar-refractivity contribution in [3.63, 3.8) is 0 Å². The molecular formula is C22H30OSi2. The zero-order valence-electron chi connectivity index (χ0n) is 16.2. The molecule has 0 spiro atoms. The first-order chi connectivity index (χ1) is 11.7. The summed E-state index contributed by atoms with van der Waals surface area (Å²) in [6.07, 6.45) is 5.58. The second kappa shape index (κ2) is 6.71. The van der Waals surface area contributed by atoms with E-state index in [0.717, 1.165) is 6.42 Å². The smallest absolute Gasteiger partial charge is 0.175 e. The highest BCUT2D eigenvalue weighted by molar-refractivity contribution is 7.38. The highest BCUT2D eigenvalue weighted by Crippen LogP contribution is 2.45. The molecule has 1 nitrogen and oxygen atoms in total. The van der Waals surface area contributed by atoms with Crippen LogP contribution < -0.4 is 0 Å². The molecule has 1 aliphatic rings. The number of benzene rings is 2. The maximum absolute atomic E-state index is 6.92. The lowest BCUT2D eigenvalue weighted by Crippen LogP contribution is -2.63. The standard InChI is InChI=1S/C22H30OSi2/c1-22(17-18-24(2,3)25(4,5)23-22)21-14-10-9-13-20(21)16-15-19-11-7-6-8-12-19/h6-16H,17-18H2,1-5H3. The van der Waals surface area contributed by atoms with Crippen LogP contribution in [-0.2, 0) is 10.0 Å². The Kier molecular flexibility index (Phi) is 4.93. The summed E-state index contributed by atoms with van der Waals surface area (Å²) in [4.78, 5) is 0. The van der Waals surface area contributed by atoms with Gasteiger partial charge < -0.3 is 4.43 Å². The Morgan fingerprint density at radius 2 is 1.52 bits per heavy atom. The first-order valence-corrected chi connectivity index (χ1v) is 16.4. The molecule has 3 heteroatoms. The van der Waals surface area contributed by atoms with Gasteiger partial charge in [0.25, 0.3) is 0 Å². The fraction of sp³-hybridized carbons (Fsp3) is 0.364. The van der Waals surface area contributed by atoms with Crippen LogP contribution in [0.3, 0.4) is 0 Å². The molecule has 0 bridgehead atoms. The summed E-state index contributed by atoms with van der Waals surface area (Å²) in [5, 5.41) is 0. The average Bonchev–Trinajstić information content (AvgIpc) is 2.58. The average molecular weight is 367 g/mol. The van der Waals surface area contributed by atoms with Crippen LogP contribution in [-0.4, -0.2) is 15.4 Å². The predicted octanol–water partition coefficient (Wildman–Crippen LogP) is 6.48. The van der Waals surface area contributed by atoms with E-state index in [4.69, 9.17) is 4.43 Å². The fourth-order valence-electron chi connectivity index (χ4n) is 3.67. The molecule has 0 amide bonds. The summed E-state index contributed by atoms with van der Waals surface area (Å²) >= 11 is 0. The van der Waals surface area contributed by atoms with Gasteiger partial charge in [0.15, 0.2) is 7.83 Å². The van der Waals surface area contributed by atoms with E-state index in [9.17, 15) is 0 Å². The topological polar surface area (TPSA) is 9.23 Å². The number of hydrogen-bond acceptors (Lipinski definition) is 1. The van der Waals surface area contributed by atoms with Gasteiger partial charge in [0.1, 0.15) is 0 Å². The quantitative estimate of drug-likeness (QED) is 0.446. The van der Waals surface area contributed by atoms with E-state index in [-0.39, 0.29) is 5.60 Å². The molecule has 0 aromatic heterocycles. The predicted molar refractivity (Wildman–Crippen MR) is 115 cm³/mol. The minimum absolute atomic E-state index is 0.157. The summed E-state index contributed by atoms with van der Waals surface area (Å²) in [5.41, 5.74) is 3.69. The molecule has 0 aliphatic carbocycles. The maximum Gasteiger partial charge on any atom is 0.175 e. The Morgan fingerprint density at radius 3 is 2.20 bits per heavy atom. The molecule has 0 radical (unpaired) electrons. The van der Waals surface area contributed by atoms with Gasteiger partial charge in [-0.1, -0.05) is 85.9 Å². The Balaban J connectivity index is 1.94. The largest absolute Gasteiger partial charge is 0.411 e. The van der Waals surface area contributed by atoms with Crippen LogP contribution in [0.25, 0.3) is 12.2 Å². The van der Waals surface area contributed by atoms with Gasteiger partial charge in [0.05, 0.1) is 13.2 Å². The van der Waals surface area contributed by atoms with E-state index in [1.807, 2.05) is 0 Å². The third kappa shape index (κ3) is 3.74. The van der Waals surface area contributed by atoms with Crippen LogP contribution in [0.4, 0.5) is 0 Å². The van der Waals surface area contributed by atoms with E-state index >= 15 is 0 Å². The van der Waals surface area contributed by atoms with E-state index < -0.39 is 15.4 Å². The Bertz CT molecular complexity index is 765. The van der Waals surface area contributed by atoms with Crippen molar-refractivity contribution < 1.29 is 4.43 Å². The maximum atomic E-state index is 6.92. The Hall–Kier alpha value is -1.43. The molecule has 132 valence electrons. The van der Waals surface area contributed by atoms with Crippen LogP contribution in [0.1, 0.15) is 30.0 Å². The highest BCUT2D eigenvalue weighted by Gasteiger charge is 2.52. The normalized spacial score (nSPS) is 25.2. The lowest BCUT2D eigenvalue weighted by Gasteiger charge is -2.51. The molecule has 1 heterocycles. The third-order valence-electron chi connectivity index (χ3n) is 6.12. The fourth-order valence-corrected chi connectivity index (χ4v) is 10.7. The molecule has 2 aromatic rings. The lowest BCUT2D eigenvalue weighted by atomic mass is 9.89. The summed E-state index contributed by atoms with van der Waals surface area (Å²) in [7, 11) is -2.86. The second-order valence-corrected chi connectivity index (χ2v) is 23.7. The molecule has 0 N–H and O–H groups in total. The molecule has 25 heavy (non-hydrogen) atoms. The monoisotopic (exact) mass is 366 g/mol. The zero-order chi connectivity index (χ0) is 18.1. The molecule has 1 saturated heterocycles. The van der Waals surface area contributed by atoms with Crippen molar-refractivity contribution >= 4 is 27.6 Å². The van der Waals surface area contributed by atoms with Crippen LogP contribution in [0, 0.1) is 0 Å². The van der Waals surface area contributed by atoms with Crippen LogP contribution in [0.15, 0.2) is 54.6 Å². The van der Waals surface area contributed by atoms with E-state index in [2.05, 4.69) is 99.9 Å². The summed E-state index contributed by atoms with van der Waals surface area (Å²) < 4.78 is 6.92. The van der Waals surface area contributed by atoms with E-state index in [0.29, 0.717) is 0 Å². The van der Waals surface area contributed by atoms with Gasteiger partial charge >= 0.3 is 0 Å². The number of rotatable bonds is 3. The van der Waals surface area contributed by atoms with Crippen molar-refractivity contribution in [1.82, 2.24) is 0 Å². The van der Waals surface area contributed by atoms with Gasteiger partial charge in [0.2, 0.25) is 0 Å². The summed E-state index contributed by atoms with van der Waals surface area (Å²) in [6.45, 7) is 12.2. The van der Waals surface area contributed by atoms with Crippen molar-refractivity contribution in [1.29, 1.82) is 0 Å². The molecule has 1 atom stereocenters. The van der Waals surface area contributed by atoms with Crippen molar-refractivity contribution in [2.24, 2.45) is 0 Å². The first kappa shape index (κ1) is 18.4. The Labute approximate surface area is 154 Å². The molecular weight excluding hydrogens is 336 g/mol. The van der Waals surface area contributed by atoms with Crippen molar-refractivity contribution in [2.45, 2.75) is 51.2 Å². The van der Waals surface area contributed by atoms with Gasteiger partial charge in [0, 0.05) is 0 Å². The van der Waals surface area contributed by atoms with Crippen molar-refractivity contribution in [3.8, 4) is 0 Å². The van der Waals surface area contributed by atoms with E-state index in [1.54, 1.807) is 0 Å². The zero-order valence-corrected chi connectivity index (χ0v) is 18.2. The van der Waals surface area contributed by atoms with Crippen LogP contribution in [0.5, 0.6) is 0 Å². The molecule has 0 saturated carbocycles. The SMILES string of the molecule is CC1(c2ccccc2C=Cc2ccccc2)CC[Si](C)(C)[Si](C)(C)O1. The van der Waals surface area contributed by atoms with Crippen LogP contribution >= 0.6 is 0 Å². The summed E-state index contributed by atoms with van der Waals surface area (Å²) in [6, 6.07) is 20.6. The van der Waals surface area contributed by atoms with Gasteiger partial charge in [-0.3, -0.25) is 0 Å². The van der Waals surface area contributed by atoms with Gasteiger partial charge in [-0.25, -0.2) is 0 Å². The third-order valence-corrected chi connectivity index (χ3v) is 22.7. The minimum Gasteiger partial charge on any atom is -0.411 e. The van der Waals surface area contributed by atoms with Crippen molar-refractivity contribution in [3.05, 3.63) is 71.3 Å². The highest BCUT2D eigenvalue weighted by atomic mass is 29.3. The molecule has 3 rings (SSSR count). The molecule has 2 aromatic carbocycles. The van der Waals surface area contributed by atoms with Gasteiger partial charge in [-0.2, -0.15) is 0 Å². The molecule has 1 fully saturated rings. The van der Waals surface area contributed by atoms with Crippen LogP contribution in [0.2, 0.25) is 32.2 Å². The molecule has 1 aliphatic heterocycles. The van der Waals surface area contributed by atoms with Crippen molar-refractivity contribution in [2.75, 3.05) is 0 Å². The Morgan fingerprint density at radius 1 is 0.880 bits per heavy atom. The minimum atomic E-state index is -1.63. The molecule has 1 unspecified atom stereocenters. The summed E-state index contributed by atoms with van der Waals surface area (Å²) in [5.74, 6) is 0. The van der Waals surface area contributed by atoms with Gasteiger partial charge in [-0.15, -0.1) is 0 Å². The number of hydrogen-bond donors (Lipinski definition) is 0.